The molecule has 0 atom stereocenters. The Hall–Kier alpha value is -0.590. The van der Waals surface area contributed by atoms with Crippen LogP contribution in [0.4, 0.5) is 0 Å². The van der Waals surface area contributed by atoms with E-state index in [9.17, 15) is 4.79 Å². The van der Waals surface area contributed by atoms with Crippen LogP contribution in [0, 0.1) is 10.8 Å². The van der Waals surface area contributed by atoms with E-state index in [1.807, 2.05) is 40.7 Å². The van der Waals surface area contributed by atoms with Crippen LogP contribution in [0.2, 0.25) is 0 Å². The van der Waals surface area contributed by atoms with E-state index in [1.54, 1.807) is 0 Å². The highest BCUT2D eigenvalue weighted by Crippen LogP contribution is 2.30. The van der Waals surface area contributed by atoms with Crippen molar-refractivity contribution in [3.63, 3.8) is 0 Å². The van der Waals surface area contributed by atoms with E-state index in [2.05, 4.69) is 13.0 Å². The Bertz CT molecular complexity index is 204. The maximum Gasteiger partial charge on any atom is 0.147 e. The molecule has 13 heavy (non-hydrogen) atoms. The van der Waals surface area contributed by atoms with E-state index in [1.165, 1.54) is 0 Å². The van der Waals surface area contributed by atoms with Crippen molar-refractivity contribution in [1.29, 1.82) is 0 Å². The van der Waals surface area contributed by atoms with Gasteiger partial charge < -0.3 is 0 Å². The summed E-state index contributed by atoms with van der Waals surface area (Å²) in [4.78, 5) is 11.9. The first kappa shape index (κ1) is 12.4. The van der Waals surface area contributed by atoms with Gasteiger partial charge in [0.25, 0.3) is 0 Å². The summed E-state index contributed by atoms with van der Waals surface area (Å²) in [6.07, 6.45) is 5.06. The van der Waals surface area contributed by atoms with Crippen molar-refractivity contribution in [2.45, 2.75) is 48.0 Å². The molecule has 0 aromatic carbocycles. The lowest BCUT2D eigenvalue weighted by Crippen LogP contribution is -2.33. The zero-order valence-electron chi connectivity index (χ0n) is 9.77. The average Bonchev–Trinajstić information content (AvgIpc) is 1.98. The maximum atomic E-state index is 11.9. The van der Waals surface area contributed by atoms with Crippen molar-refractivity contribution >= 4 is 5.78 Å². The molecule has 1 heteroatoms. The van der Waals surface area contributed by atoms with Crippen LogP contribution in [0.1, 0.15) is 48.0 Å². The number of carbonyl (C=O) groups excluding carboxylic acids is 1. The smallest absolute Gasteiger partial charge is 0.147 e. The summed E-state index contributed by atoms with van der Waals surface area (Å²) < 4.78 is 0. The summed E-state index contributed by atoms with van der Waals surface area (Å²) in [5.74, 6) is 0.296. The maximum absolute atomic E-state index is 11.9. The summed E-state index contributed by atoms with van der Waals surface area (Å²) in [6.45, 7) is 11.9. The quantitative estimate of drug-likeness (QED) is 0.609. The summed E-state index contributed by atoms with van der Waals surface area (Å²) in [5, 5.41) is 0. The summed E-state index contributed by atoms with van der Waals surface area (Å²) >= 11 is 0. The fourth-order valence-corrected chi connectivity index (χ4v) is 1.45. The number of hydrogen-bond donors (Lipinski definition) is 0. The predicted molar refractivity (Wildman–Crippen MR) is 57.7 cm³/mol. The number of hydrogen-bond acceptors (Lipinski definition) is 1. The van der Waals surface area contributed by atoms with Gasteiger partial charge in [-0.05, 0) is 20.3 Å². The van der Waals surface area contributed by atoms with E-state index in [0.29, 0.717) is 5.78 Å². The average molecular weight is 182 g/mol. The second kappa shape index (κ2) is 4.08. The van der Waals surface area contributed by atoms with Crippen molar-refractivity contribution in [1.82, 2.24) is 0 Å². The van der Waals surface area contributed by atoms with Crippen molar-refractivity contribution in [2.75, 3.05) is 0 Å². The van der Waals surface area contributed by atoms with Gasteiger partial charge in [0, 0.05) is 10.8 Å². The van der Waals surface area contributed by atoms with Crippen molar-refractivity contribution < 1.29 is 4.79 Å². The van der Waals surface area contributed by atoms with Crippen LogP contribution in [0.3, 0.4) is 0 Å². The van der Waals surface area contributed by atoms with E-state index < -0.39 is 0 Å². The first-order valence-electron chi connectivity index (χ1n) is 4.94. The van der Waals surface area contributed by atoms with Gasteiger partial charge in [0.2, 0.25) is 0 Å². The number of rotatable bonds is 3. The summed E-state index contributed by atoms with van der Waals surface area (Å²) in [7, 11) is 0. The minimum absolute atomic E-state index is 0.248. The Morgan fingerprint density at radius 2 is 1.62 bits per heavy atom. The lowest BCUT2D eigenvalue weighted by molar-refractivity contribution is -0.132. The Balaban J connectivity index is 4.65. The molecule has 0 heterocycles. The molecule has 0 aromatic rings. The number of Topliss-reactive ketones (excluding diaryl/α,β-unsaturated/α-hetero) is 1. The zero-order chi connectivity index (χ0) is 10.7. The zero-order valence-corrected chi connectivity index (χ0v) is 9.77. The first-order valence-corrected chi connectivity index (χ1v) is 4.94. The second-order valence-corrected chi connectivity index (χ2v) is 5.11. The van der Waals surface area contributed by atoms with Crippen LogP contribution in [-0.2, 0) is 4.79 Å². The molecule has 0 radical (unpaired) electrons. The topological polar surface area (TPSA) is 17.1 Å². The molecule has 0 fully saturated rings. The molecule has 0 aliphatic rings. The van der Waals surface area contributed by atoms with Gasteiger partial charge in [0.05, 0.1) is 0 Å². The van der Waals surface area contributed by atoms with E-state index >= 15 is 0 Å². The van der Waals surface area contributed by atoms with Crippen molar-refractivity contribution in [3.05, 3.63) is 12.2 Å². The van der Waals surface area contributed by atoms with Crippen molar-refractivity contribution in [3.8, 4) is 0 Å². The lowest BCUT2D eigenvalue weighted by atomic mass is 9.74. The SMILES string of the molecule is CCC=CC(C)(C)C(=O)C(C)(C)C. The highest BCUT2D eigenvalue weighted by molar-refractivity contribution is 5.90. The largest absolute Gasteiger partial charge is 0.298 e. The summed E-state index contributed by atoms with van der Waals surface area (Å²) in [6, 6.07) is 0. The minimum Gasteiger partial charge on any atom is -0.298 e. The minimum atomic E-state index is -0.325. The molecule has 0 rings (SSSR count). The molecular formula is C12H22O. The van der Waals surface area contributed by atoms with Gasteiger partial charge in [-0.3, -0.25) is 4.79 Å². The Morgan fingerprint density at radius 1 is 1.15 bits per heavy atom. The van der Waals surface area contributed by atoms with Crippen LogP contribution in [0.5, 0.6) is 0 Å². The molecule has 0 amide bonds. The van der Waals surface area contributed by atoms with Gasteiger partial charge in [0.1, 0.15) is 5.78 Å². The highest BCUT2D eigenvalue weighted by atomic mass is 16.1. The first-order chi connectivity index (χ1) is 5.72. The number of ketones is 1. The normalized spacial score (nSPS) is 13.7. The highest BCUT2D eigenvalue weighted by Gasteiger charge is 2.33. The van der Waals surface area contributed by atoms with Crippen LogP contribution in [0.25, 0.3) is 0 Å². The molecule has 0 saturated heterocycles. The van der Waals surface area contributed by atoms with Gasteiger partial charge in [-0.25, -0.2) is 0 Å². The third-order valence-electron chi connectivity index (χ3n) is 2.04. The van der Waals surface area contributed by atoms with E-state index in [0.717, 1.165) is 6.42 Å². The predicted octanol–water partition coefficient (Wildman–Crippen LogP) is 3.59. The monoisotopic (exact) mass is 182 g/mol. The molecule has 76 valence electrons. The van der Waals surface area contributed by atoms with Gasteiger partial charge in [-0.1, -0.05) is 39.8 Å². The molecule has 0 aliphatic heterocycles. The molecule has 0 unspecified atom stereocenters. The standard InChI is InChI=1S/C12H22O/c1-7-8-9-12(5,6)10(13)11(2,3)4/h8-9H,7H2,1-6H3. The Morgan fingerprint density at radius 3 is 1.92 bits per heavy atom. The van der Waals surface area contributed by atoms with Gasteiger partial charge in [-0.15, -0.1) is 0 Å². The van der Waals surface area contributed by atoms with Crippen molar-refractivity contribution in [2.24, 2.45) is 10.8 Å². The van der Waals surface area contributed by atoms with Crippen LogP contribution in [-0.4, -0.2) is 5.78 Å². The third-order valence-corrected chi connectivity index (χ3v) is 2.04. The lowest BCUT2D eigenvalue weighted by Gasteiger charge is -2.28. The molecule has 0 bridgehead atoms. The van der Waals surface area contributed by atoms with Crippen LogP contribution >= 0.6 is 0 Å². The van der Waals surface area contributed by atoms with E-state index in [4.69, 9.17) is 0 Å². The molecule has 0 aliphatic carbocycles. The molecule has 0 aromatic heterocycles. The van der Waals surface area contributed by atoms with Gasteiger partial charge in [0.15, 0.2) is 0 Å². The fraction of sp³-hybridized carbons (Fsp3) is 0.750. The fourth-order valence-electron chi connectivity index (χ4n) is 1.45. The molecule has 0 N–H and O–H groups in total. The van der Waals surface area contributed by atoms with Gasteiger partial charge >= 0.3 is 0 Å². The summed E-state index contributed by atoms with van der Waals surface area (Å²) in [5.41, 5.74) is -0.574. The molecular weight excluding hydrogens is 160 g/mol. The molecule has 1 nitrogen and oxygen atoms in total. The third kappa shape index (κ3) is 3.75. The molecule has 0 saturated carbocycles. The van der Waals surface area contributed by atoms with Crippen LogP contribution in [0.15, 0.2) is 12.2 Å². The molecule has 0 spiro atoms. The Labute approximate surface area is 82.2 Å². The van der Waals surface area contributed by atoms with E-state index in [-0.39, 0.29) is 10.8 Å². The number of carbonyl (C=O) groups is 1. The van der Waals surface area contributed by atoms with Crippen LogP contribution < -0.4 is 0 Å². The number of allylic oxidation sites excluding steroid dienone is 2. The second-order valence-electron chi connectivity index (χ2n) is 5.11. The van der Waals surface area contributed by atoms with Gasteiger partial charge in [-0.2, -0.15) is 0 Å². The Kier molecular flexibility index (Phi) is 3.89.